The Balaban J connectivity index is 2.00. The van der Waals surface area contributed by atoms with Crippen LogP contribution in [-0.2, 0) is 17.7 Å². The Morgan fingerprint density at radius 3 is 2.52 bits per heavy atom. The highest BCUT2D eigenvalue weighted by atomic mass is 16.5. The van der Waals surface area contributed by atoms with Crippen LogP contribution in [-0.4, -0.2) is 19.6 Å². The molecule has 0 aliphatic heterocycles. The standard InChI is InChI=1S/C17H20N2O2/c1-21-11-10-14-4-2-3-5-16(14)19-12-13-6-8-15(9-7-13)17(18)20/h2-9,19H,10-12H2,1H3,(H2,18,20). The first-order chi connectivity index (χ1) is 10.2. The van der Waals surface area contributed by atoms with E-state index in [1.165, 1.54) is 5.56 Å². The number of nitrogens with two attached hydrogens (primary N) is 1. The molecule has 0 aromatic heterocycles. The van der Waals surface area contributed by atoms with E-state index in [2.05, 4.69) is 17.4 Å². The molecule has 0 bridgehead atoms. The molecule has 0 unspecified atom stereocenters. The summed E-state index contributed by atoms with van der Waals surface area (Å²) in [4.78, 5) is 11.0. The number of carbonyl (C=O) groups is 1. The molecule has 3 N–H and O–H groups in total. The lowest BCUT2D eigenvalue weighted by molar-refractivity contribution is 0.100. The van der Waals surface area contributed by atoms with Gasteiger partial charge in [-0.15, -0.1) is 0 Å². The van der Waals surface area contributed by atoms with Gasteiger partial charge in [0.25, 0.3) is 0 Å². The van der Waals surface area contributed by atoms with Gasteiger partial charge in [-0.25, -0.2) is 0 Å². The van der Waals surface area contributed by atoms with Gasteiger partial charge in [0.15, 0.2) is 0 Å². The van der Waals surface area contributed by atoms with Crippen molar-refractivity contribution >= 4 is 11.6 Å². The predicted octanol–water partition coefficient (Wildman–Crippen LogP) is 2.59. The van der Waals surface area contributed by atoms with E-state index in [-0.39, 0.29) is 0 Å². The number of hydrogen-bond acceptors (Lipinski definition) is 3. The SMILES string of the molecule is COCCc1ccccc1NCc1ccc(C(N)=O)cc1. The van der Waals surface area contributed by atoms with Gasteiger partial charge in [-0.2, -0.15) is 0 Å². The van der Waals surface area contributed by atoms with E-state index in [9.17, 15) is 4.79 Å². The Kier molecular flexibility index (Phi) is 5.35. The Bertz CT molecular complexity index is 594. The van der Waals surface area contributed by atoms with Gasteiger partial charge >= 0.3 is 0 Å². The average molecular weight is 284 g/mol. The molecule has 2 aromatic rings. The Morgan fingerprint density at radius 2 is 1.86 bits per heavy atom. The van der Waals surface area contributed by atoms with Crippen LogP contribution in [0.4, 0.5) is 5.69 Å². The molecule has 0 saturated heterocycles. The zero-order chi connectivity index (χ0) is 15.1. The van der Waals surface area contributed by atoms with Crippen molar-refractivity contribution in [2.45, 2.75) is 13.0 Å². The molecule has 0 atom stereocenters. The fourth-order valence-electron chi connectivity index (χ4n) is 2.11. The zero-order valence-corrected chi connectivity index (χ0v) is 12.1. The molecule has 4 nitrogen and oxygen atoms in total. The molecule has 2 aromatic carbocycles. The van der Waals surface area contributed by atoms with Crippen molar-refractivity contribution in [1.82, 2.24) is 0 Å². The van der Waals surface area contributed by atoms with Crippen LogP contribution in [0.5, 0.6) is 0 Å². The second kappa shape index (κ2) is 7.45. The first kappa shape index (κ1) is 15.1. The van der Waals surface area contributed by atoms with E-state index in [0.717, 1.165) is 17.7 Å². The van der Waals surface area contributed by atoms with E-state index in [0.29, 0.717) is 18.7 Å². The van der Waals surface area contributed by atoms with Crippen molar-refractivity contribution in [3.05, 3.63) is 65.2 Å². The van der Waals surface area contributed by atoms with Crippen molar-refractivity contribution in [1.29, 1.82) is 0 Å². The molecule has 0 spiro atoms. The first-order valence-corrected chi connectivity index (χ1v) is 6.90. The first-order valence-electron chi connectivity index (χ1n) is 6.90. The summed E-state index contributed by atoms with van der Waals surface area (Å²) < 4.78 is 5.13. The third-order valence-electron chi connectivity index (χ3n) is 3.31. The summed E-state index contributed by atoms with van der Waals surface area (Å²) >= 11 is 0. The minimum absolute atomic E-state index is 0.403. The lowest BCUT2D eigenvalue weighted by Crippen LogP contribution is -2.11. The van der Waals surface area contributed by atoms with Gasteiger partial charge in [-0.3, -0.25) is 4.79 Å². The van der Waals surface area contributed by atoms with Crippen LogP contribution in [0.3, 0.4) is 0 Å². The molecule has 1 amide bonds. The Morgan fingerprint density at radius 1 is 1.14 bits per heavy atom. The molecule has 0 radical (unpaired) electrons. The third kappa shape index (κ3) is 4.33. The second-order valence-corrected chi connectivity index (χ2v) is 4.81. The summed E-state index contributed by atoms with van der Waals surface area (Å²) in [5.41, 5.74) is 9.19. The maximum Gasteiger partial charge on any atom is 0.248 e. The van der Waals surface area contributed by atoms with E-state index < -0.39 is 5.91 Å². The highest BCUT2D eigenvalue weighted by molar-refractivity contribution is 5.92. The number of carbonyl (C=O) groups excluding carboxylic acids is 1. The van der Waals surface area contributed by atoms with Crippen molar-refractivity contribution in [2.75, 3.05) is 19.0 Å². The second-order valence-electron chi connectivity index (χ2n) is 4.81. The van der Waals surface area contributed by atoms with E-state index in [1.54, 1.807) is 19.2 Å². The fourth-order valence-corrected chi connectivity index (χ4v) is 2.11. The van der Waals surface area contributed by atoms with Crippen molar-refractivity contribution < 1.29 is 9.53 Å². The number of ether oxygens (including phenoxy) is 1. The molecular formula is C17H20N2O2. The lowest BCUT2D eigenvalue weighted by atomic mass is 10.1. The van der Waals surface area contributed by atoms with Gasteiger partial charge in [0.2, 0.25) is 5.91 Å². The summed E-state index contributed by atoms with van der Waals surface area (Å²) in [6, 6.07) is 15.5. The number of amides is 1. The number of hydrogen-bond donors (Lipinski definition) is 2. The molecule has 2 rings (SSSR count). The monoisotopic (exact) mass is 284 g/mol. The molecule has 0 heterocycles. The molecule has 4 heteroatoms. The number of benzene rings is 2. The summed E-state index contributed by atoms with van der Waals surface area (Å²) in [5, 5.41) is 3.42. The smallest absolute Gasteiger partial charge is 0.248 e. The van der Waals surface area contributed by atoms with Gasteiger partial charge in [0.05, 0.1) is 6.61 Å². The highest BCUT2D eigenvalue weighted by Crippen LogP contribution is 2.17. The van der Waals surface area contributed by atoms with Crippen molar-refractivity contribution in [3.63, 3.8) is 0 Å². The number of para-hydroxylation sites is 1. The number of anilines is 1. The van der Waals surface area contributed by atoms with Gasteiger partial charge in [-0.05, 0) is 35.7 Å². The molecular weight excluding hydrogens is 264 g/mol. The van der Waals surface area contributed by atoms with Crippen molar-refractivity contribution in [2.24, 2.45) is 5.73 Å². The summed E-state index contributed by atoms with van der Waals surface area (Å²) in [5.74, 6) is -0.403. The Hall–Kier alpha value is -2.33. The maximum absolute atomic E-state index is 11.0. The zero-order valence-electron chi connectivity index (χ0n) is 12.1. The largest absolute Gasteiger partial charge is 0.384 e. The number of rotatable bonds is 7. The van der Waals surface area contributed by atoms with Crippen LogP contribution in [0, 0.1) is 0 Å². The summed E-state index contributed by atoms with van der Waals surface area (Å²) in [7, 11) is 1.70. The quantitative estimate of drug-likeness (QED) is 0.821. The number of primary amides is 1. The molecule has 0 fully saturated rings. The lowest BCUT2D eigenvalue weighted by Gasteiger charge is -2.12. The van der Waals surface area contributed by atoms with Crippen LogP contribution in [0.2, 0.25) is 0 Å². The minimum atomic E-state index is -0.403. The normalized spacial score (nSPS) is 10.3. The van der Waals surface area contributed by atoms with Crippen LogP contribution in [0.25, 0.3) is 0 Å². The Labute approximate surface area is 124 Å². The molecule has 0 saturated carbocycles. The number of nitrogens with one attached hydrogen (secondary N) is 1. The highest BCUT2D eigenvalue weighted by Gasteiger charge is 2.03. The maximum atomic E-state index is 11.0. The van der Waals surface area contributed by atoms with E-state index in [1.807, 2.05) is 24.3 Å². The van der Waals surface area contributed by atoms with Gasteiger partial charge < -0.3 is 15.8 Å². The van der Waals surface area contributed by atoms with Crippen LogP contribution >= 0.6 is 0 Å². The van der Waals surface area contributed by atoms with Crippen LogP contribution in [0.1, 0.15) is 21.5 Å². The van der Waals surface area contributed by atoms with Gasteiger partial charge in [0, 0.05) is 24.9 Å². The topological polar surface area (TPSA) is 64.3 Å². The predicted molar refractivity (Wildman–Crippen MR) is 84.3 cm³/mol. The van der Waals surface area contributed by atoms with Gasteiger partial charge in [-0.1, -0.05) is 30.3 Å². The minimum Gasteiger partial charge on any atom is -0.384 e. The third-order valence-corrected chi connectivity index (χ3v) is 3.31. The van der Waals surface area contributed by atoms with E-state index >= 15 is 0 Å². The average Bonchev–Trinajstić information content (AvgIpc) is 2.52. The molecule has 110 valence electrons. The van der Waals surface area contributed by atoms with Crippen LogP contribution in [0.15, 0.2) is 48.5 Å². The van der Waals surface area contributed by atoms with Crippen molar-refractivity contribution in [3.8, 4) is 0 Å². The summed E-state index contributed by atoms with van der Waals surface area (Å²) in [6.45, 7) is 1.40. The molecule has 0 aliphatic carbocycles. The molecule has 21 heavy (non-hydrogen) atoms. The molecule has 0 aliphatic rings. The number of methoxy groups -OCH3 is 1. The van der Waals surface area contributed by atoms with Gasteiger partial charge in [0.1, 0.15) is 0 Å². The summed E-state index contributed by atoms with van der Waals surface area (Å²) in [6.07, 6.45) is 0.875. The van der Waals surface area contributed by atoms with Crippen LogP contribution < -0.4 is 11.1 Å². The fraction of sp³-hybridized carbons (Fsp3) is 0.235. The van der Waals surface area contributed by atoms with E-state index in [4.69, 9.17) is 10.5 Å².